The Morgan fingerprint density at radius 1 is 1.44 bits per heavy atom. The molecule has 0 aliphatic heterocycles. The molecule has 0 aliphatic carbocycles. The van der Waals surface area contributed by atoms with E-state index in [9.17, 15) is 9.18 Å². The van der Waals surface area contributed by atoms with Crippen molar-refractivity contribution in [2.24, 2.45) is 5.92 Å². The van der Waals surface area contributed by atoms with Gasteiger partial charge in [0.25, 0.3) is 0 Å². The average Bonchev–Trinajstić information content (AvgIpc) is 2.80. The van der Waals surface area contributed by atoms with E-state index in [0.717, 1.165) is 0 Å². The quantitative estimate of drug-likeness (QED) is 0.797. The summed E-state index contributed by atoms with van der Waals surface area (Å²) in [5, 5.41) is 0.0398. The summed E-state index contributed by atoms with van der Waals surface area (Å²) in [5.74, 6) is -0.742. The molecule has 0 bridgehead atoms. The largest absolute Gasteiger partial charge is 0.303 e. The van der Waals surface area contributed by atoms with Crippen LogP contribution < -0.4 is 0 Å². The first kappa shape index (κ1) is 12.8. The van der Waals surface area contributed by atoms with Crippen molar-refractivity contribution in [3.63, 3.8) is 0 Å². The summed E-state index contributed by atoms with van der Waals surface area (Å²) in [6.07, 6.45) is 2.92. The third-order valence-corrected chi connectivity index (χ3v) is 2.86. The Morgan fingerprint density at radius 3 is 2.83 bits per heavy atom. The number of imidazole rings is 1. The molecule has 94 valence electrons. The summed E-state index contributed by atoms with van der Waals surface area (Å²) in [6.45, 7) is 3.59. The zero-order valence-corrected chi connectivity index (χ0v) is 10.8. The maximum absolute atomic E-state index is 13.8. The van der Waals surface area contributed by atoms with E-state index in [0.29, 0.717) is 5.69 Å². The summed E-state index contributed by atoms with van der Waals surface area (Å²) in [4.78, 5) is 15.7. The summed E-state index contributed by atoms with van der Waals surface area (Å²) >= 11 is 5.71. The van der Waals surface area contributed by atoms with Gasteiger partial charge in [0.05, 0.1) is 10.7 Å². The Bertz CT molecular complexity index is 592. The van der Waals surface area contributed by atoms with Crippen molar-refractivity contribution in [3.8, 4) is 5.69 Å². The maximum Gasteiger partial charge on any atom is 0.185 e. The summed E-state index contributed by atoms with van der Waals surface area (Å²) in [7, 11) is 0. The fraction of sp³-hybridized carbons (Fsp3) is 0.231. The van der Waals surface area contributed by atoms with Crippen LogP contribution in [0.3, 0.4) is 0 Å². The molecule has 1 aromatic heterocycles. The zero-order chi connectivity index (χ0) is 13.3. The molecule has 1 heterocycles. The van der Waals surface area contributed by atoms with Crippen LogP contribution >= 0.6 is 11.6 Å². The highest BCUT2D eigenvalue weighted by Crippen LogP contribution is 2.21. The van der Waals surface area contributed by atoms with Gasteiger partial charge in [0, 0.05) is 12.1 Å². The number of halogens is 2. The number of hydrogen-bond acceptors (Lipinski definition) is 2. The number of carbonyl (C=O) groups is 1. The van der Waals surface area contributed by atoms with Crippen LogP contribution in [0.15, 0.2) is 30.7 Å². The minimum absolute atomic E-state index is 0.0398. The van der Waals surface area contributed by atoms with Crippen molar-refractivity contribution in [2.45, 2.75) is 13.8 Å². The van der Waals surface area contributed by atoms with Crippen LogP contribution in [-0.4, -0.2) is 15.3 Å². The third kappa shape index (κ3) is 2.29. The first-order chi connectivity index (χ1) is 8.50. The molecule has 0 saturated carbocycles. The molecule has 0 spiro atoms. The number of benzene rings is 1. The smallest absolute Gasteiger partial charge is 0.185 e. The molecule has 2 aromatic rings. The number of Topliss-reactive ketones (excluding diaryl/α,β-unsaturated/α-hetero) is 1. The summed E-state index contributed by atoms with van der Waals surface area (Å²) < 4.78 is 15.2. The maximum atomic E-state index is 13.8. The predicted octanol–water partition coefficient (Wildman–Crippen LogP) is 3.50. The Hall–Kier alpha value is -1.68. The van der Waals surface area contributed by atoms with Crippen molar-refractivity contribution in [1.29, 1.82) is 0 Å². The van der Waals surface area contributed by atoms with Crippen molar-refractivity contribution in [1.82, 2.24) is 9.55 Å². The molecule has 0 radical (unpaired) electrons. The monoisotopic (exact) mass is 266 g/mol. The number of rotatable bonds is 3. The van der Waals surface area contributed by atoms with Crippen LogP contribution in [0.4, 0.5) is 4.39 Å². The highest BCUT2D eigenvalue weighted by molar-refractivity contribution is 6.30. The molecule has 0 aliphatic rings. The van der Waals surface area contributed by atoms with Gasteiger partial charge in [-0.1, -0.05) is 31.5 Å². The third-order valence-electron chi connectivity index (χ3n) is 2.57. The van der Waals surface area contributed by atoms with Crippen LogP contribution in [0, 0.1) is 11.7 Å². The molecule has 18 heavy (non-hydrogen) atoms. The van der Waals surface area contributed by atoms with E-state index < -0.39 is 5.82 Å². The molecule has 5 heteroatoms. The predicted molar refractivity (Wildman–Crippen MR) is 67.7 cm³/mol. The minimum atomic E-state index is -0.528. The fourth-order valence-electron chi connectivity index (χ4n) is 1.57. The second-order valence-electron chi connectivity index (χ2n) is 4.26. The van der Waals surface area contributed by atoms with E-state index in [1.807, 2.05) is 0 Å². The lowest BCUT2D eigenvalue weighted by Crippen LogP contribution is -2.07. The van der Waals surface area contributed by atoms with Crippen molar-refractivity contribution >= 4 is 17.4 Å². The van der Waals surface area contributed by atoms with Gasteiger partial charge in [0.15, 0.2) is 11.6 Å². The molecular weight excluding hydrogens is 255 g/mol. The van der Waals surface area contributed by atoms with E-state index in [2.05, 4.69) is 4.98 Å². The number of nitrogens with zero attached hydrogens (tertiary/aromatic N) is 2. The lowest BCUT2D eigenvalue weighted by atomic mass is 10.1. The van der Waals surface area contributed by atoms with E-state index in [1.54, 1.807) is 26.0 Å². The molecule has 0 N–H and O–H groups in total. The van der Waals surface area contributed by atoms with Crippen LogP contribution in [0.1, 0.15) is 24.3 Å². The zero-order valence-electron chi connectivity index (χ0n) is 10.0. The average molecular weight is 267 g/mol. The van der Waals surface area contributed by atoms with Gasteiger partial charge >= 0.3 is 0 Å². The number of hydrogen-bond donors (Lipinski definition) is 0. The molecule has 0 fully saturated rings. The van der Waals surface area contributed by atoms with E-state index in [1.165, 1.54) is 23.2 Å². The summed E-state index contributed by atoms with van der Waals surface area (Å²) in [5.41, 5.74) is 0.599. The van der Waals surface area contributed by atoms with Gasteiger partial charge in [0.1, 0.15) is 12.0 Å². The summed E-state index contributed by atoms with van der Waals surface area (Å²) in [6, 6.07) is 4.69. The van der Waals surface area contributed by atoms with Gasteiger partial charge in [0.2, 0.25) is 0 Å². The van der Waals surface area contributed by atoms with Crippen LogP contribution in [0.5, 0.6) is 0 Å². The topological polar surface area (TPSA) is 34.9 Å². The lowest BCUT2D eigenvalue weighted by molar-refractivity contribution is 0.0935. The number of carbonyl (C=O) groups excluding carboxylic acids is 1. The second kappa shape index (κ2) is 4.90. The van der Waals surface area contributed by atoms with Gasteiger partial charge in [-0.05, 0) is 12.1 Å². The normalized spacial score (nSPS) is 10.9. The Morgan fingerprint density at radius 2 is 2.17 bits per heavy atom. The van der Waals surface area contributed by atoms with Gasteiger partial charge in [-0.25, -0.2) is 9.37 Å². The van der Waals surface area contributed by atoms with E-state index in [-0.39, 0.29) is 22.4 Å². The highest BCUT2D eigenvalue weighted by atomic mass is 35.5. The minimum Gasteiger partial charge on any atom is -0.303 e. The van der Waals surface area contributed by atoms with Crippen molar-refractivity contribution < 1.29 is 9.18 Å². The number of ketones is 1. The standard InChI is InChI=1S/C13H12ClFN2O/c1-8(2)13(18)10-6-17(7-16-10)11-5-3-4-9(14)12(11)15/h3-8H,1-2H3. The SMILES string of the molecule is CC(C)C(=O)c1cn(-c2cccc(Cl)c2F)cn1. The molecule has 0 saturated heterocycles. The van der Waals surface area contributed by atoms with Gasteiger partial charge < -0.3 is 4.57 Å². The van der Waals surface area contributed by atoms with Crippen molar-refractivity contribution in [2.75, 3.05) is 0 Å². The van der Waals surface area contributed by atoms with Gasteiger partial charge in [-0.3, -0.25) is 4.79 Å². The van der Waals surface area contributed by atoms with Crippen LogP contribution in [0.2, 0.25) is 5.02 Å². The van der Waals surface area contributed by atoms with Crippen LogP contribution in [-0.2, 0) is 0 Å². The van der Waals surface area contributed by atoms with Gasteiger partial charge in [-0.2, -0.15) is 0 Å². The number of aromatic nitrogens is 2. The molecule has 0 amide bonds. The Labute approximate surface area is 109 Å². The lowest BCUT2D eigenvalue weighted by Gasteiger charge is -2.04. The fourth-order valence-corrected chi connectivity index (χ4v) is 1.74. The molecule has 0 atom stereocenters. The highest BCUT2D eigenvalue weighted by Gasteiger charge is 2.15. The van der Waals surface area contributed by atoms with E-state index in [4.69, 9.17) is 11.6 Å². The van der Waals surface area contributed by atoms with Gasteiger partial charge in [-0.15, -0.1) is 0 Å². The molecule has 2 rings (SSSR count). The molecule has 1 aromatic carbocycles. The van der Waals surface area contributed by atoms with E-state index >= 15 is 0 Å². The Kier molecular flexibility index (Phi) is 3.48. The van der Waals surface area contributed by atoms with Crippen LogP contribution in [0.25, 0.3) is 5.69 Å². The Balaban J connectivity index is 2.41. The second-order valence-corrected chi connectivity index (χ2v) is 4.67. The van der Waals surface area contributed by atoms with Crippen molar-refractivity contribution in [3.05, 3.63) is 47.3 Å². The first-order valence-electron chi connectivity index (χ1n) is 5.53. The molecular formula is C13H12ClFN2O. The molecule has 0 unspecified atom stereocenters. The molecule has 3 nitrogen and oxygen atoms in total. The first-order valence-corrected chi connectivity index (χ1v) is 5.91.